The molecule has 0 aromatic rings. The molecule has 0 N–H and O–H groups in total. The Balaban J connectivity index is 1.74. The van der Waals surface area contributed by atoms with E-state index in [-0.39, 0.29) is 0 Å². The molecule has 0 aromatic carbocycles. The quantitative estimate of drug-likeness (QED) is 0.525. The number of hydrogen-bond acceptors (Lipinski definition) is 1. The van der Waals surface area contributed by atoms with Crippen molar-refractivity contribution in [3.05, 3.63) is 0 Å². The highest BCUT2D eigenvalue weighted by molar-refractivity contribution is 7.80. The molecule has 3 heteroatoms. The molecule has 4 unspecified atom stereocenters. The molecule has 4 rings (SSSR count). The Bertz CT molecular complexity index is 348. The van der Waals surface area contributed by atoms with Crippen molar-refractivity contribution in [1.29, 1.82) is 0 Å². The maximum Gasteiger partial charge on any atom is 0.131 e. The van der Waals surface area contributed by atoms with Crippen LogP contribution in [0.25, 0.3) is 0 Å². The minimum Gasteiger partial charge on any atom is -0.366 e. The Morgan fingerprint density at radius 1 is 1.44 bits per heavy atom. The average Bonchev–Trinajstić information content (AvgIpc) is 2.58. The van der Waals surface area contributed by atoms with E-state index >= 15 is 0 Å². The number of hydrogen-bond donors (Lipinski definition) is 0. The van der Waals surface area contributed by atoms with Crippen LogP contribution in [0.5, 0.6) is 0 Å². The molecule has 0 spiro atoms. The van der Waals surface area contributed by atoms with Crippen LogP contribution >= 0.6 is 12.2 Å². The van der Waals surface area contributed by atoms with Gasteiger partial charge in [0.15, 0.2) is 0 Å². The van der Waals surface area contributed by atoms with Gasteiger partial charge in [-0.25, -0.2) is 0 Å². The largest absolute Gasteiger partial charge is 0.366 e. The number of likely N-dealkylation sites (tertiary alicyclic amines) is 1. The van der Waals surface area contributed by atoms with E-state index in [1.54, 1.807) is 0 Å². The van der Waals surface area contributed by atoms with E-state index in [1.165, 1.54) is 50.8 Å². The Morgan fingerprint density at radius 3 is 2.83 bits per heavy atom. The molecule has 0 amide bonds. The molecule has 4 fully saturated rings. The molecule has 1 saturated carbocycles. The fraction of sp³-hybridized carbons (Fsp3) is 0.933. The van der Waals surface area contributed by atoms with Crippen molar-refractivity contribution in [1.82, 2.24) is 4.90 Å². The second kappa shape index (κ2) is 4.50. The lowest BCUT2D eigenvalue weighted by atomic mass is 9.27. The van der Waals surface area contributed by atoms with Gasteiger partial charge in [-0.3, -0.25) is 0 Å². The lowest BCUT2D eigenvalue weighted by Crippen LogP contribution is -2.41. The Hall–Kier alpha value is -0.0451. The highest BCUT2D eigenvalue weighted by Gasteiger charge is 2.50. The first-order chi connectivity index (χ1) is 8.52. The van der Waals surface area contributed by atoms with Gasteiger partial charge in [0.2, 0.25) is 0 Å². The summed E-state index contributed by atoms with van der Waals surface area (Å²) in [5.74, 6) is 2.76. The van der Waals surface area contributed by atoms with E-state index in [0.717, 1.165) is 23.7 Å². The van der Waals surface area contributed by atoms with E-state index in [4.69, 9.17) is 12.2 Å². The number of fused-ring (bicyclic) bond motifs is 2. The molecule has 100 valence electrons. The van der Waals surface area contributed by atoms with Gasteiger partial charge in [-0.15, -0.1) is 0 Å². The van der Waals surface area contributed by atoms with Crippen molar-refractivity contribution in [3.63, 3.8) is 0 Å². The summed E-state index contributed by atoms with van der Waals surface area (Å²) >= 11 is 5.52. The summed E-state index contributed by atoms with van der Waals surface area (Å²) in [6.45, 7) is 4.88. The van der Waals surface area contributed by atoms with Gasteiger partial charge in [0.25, 0.3) is 0 Å². The number of thiocarbonyl (C=S) groups is 1. The predicted octanol–water partition coefficient (Wildman–Crippen LogP) is 3.65. The van der Waals surface area contributed by atoms with Gasteiger partial charge < -0.3 is 4.90 Å². The topological polar surface area (TPSA) is 3.24 Å². The number of rotatable bonds is 1. The minimum atomic E-state index is 0.711. The van der Waals surface area contributed by atoms with Crippen LogP contribution < -0.4 is 0 Å². The van der Waals surface area contributed by atoms with Gasteiger partial charge in [-0.2, -0.15) is 0 Å². The fourth-order valence-corrected chi connectivity index (χ4v) is 5.34. The van der Waals surface area contributed by atoms with Gasteiger partial charge in [-0.05, 0) is 18.3 Å². The zero-order valence-electron chi connectivity index (χ0n) is 12.1. The molecule has 3 heterocycles. The van der Waals surface area contributed by atoms with E-state index in [0.29, 0.717) is 5.31 Å². The van der Waals surface area contributed by atoms with Gasteiger partial charge in [-0.1, -0.05) is 62.9 Å². The van der Waals surface area contributed by atoms with E-state index in [1.807, 2.05) is 0 Å². The van der Waals surface area contributed by atoms with Crippen molar-refractivity contribution in [2.24, 2.45) is 11.8 Å². The monoisotopic (exact) mass is 263 g/mol. The fourth-order valence-electron chi connectivity index (χ4n) is 4.99. The van der Waals surface area contributed by atoms with Crippen molar-refractivity contribution in [3.8, 4) is 0 Å². The van der Waals surface area contributed by atoms with Crippen LogP contribution in [0.2, 0.25) is 11.1 Å². The molecule has 3 aliphatic heterocycles. The van der Waals surface area contributed by atoms with E-state index < -0.39 is 0 Å². The third-order valence-electron chi connectivity index (χ3n) is 6.30. The molecule has 1 nitrogen and oxygen atoms in total. The summed E-state index contributed by atoms with van der Waals surface area (Å²) in [7, 11) is 3.73. The first-order valence-electron chi connectivity index (χ1n) is 7.77. The molecule has 0 radical (unpaired) electrons. The molecule has 0 aromatic heterocycles. The summed E-state index contributed by atoms with van der Waals surface area (Å²) in [6.07, 6.45) is 8.40. The molecule has 3 saturated heterocycles. The third kappa shape index (κ3) is 1.93. The second-order valence-corrected chi connectivity index (χ2v) is 7.93. The predicted molar refractivity (Wildman–Crippen MR) is 83.8 cm³/mol. The molecule has 2 bridgehead atoms. The van der Waals surface area contributed by atoms with Crippen LogP contribution in [-0.2, 0) is 0 Å². The lowest BCUT2D eigenvalue weighted by Gasteiger charge is -2.50. The van der Waals surface area contributed by atoms with Crippen LogP contribution in [0.4, 0.5) is 0 Å². The van der Waals surface area contributed by atoms with Crippen LogP contribution in [0, 0.1) is 11.8 Å². The highest BCUT2D eigenvalue weighted by Crippen LogP contribution is 2.60. The summed E-state index contributed by atoms with van der Waals surface area (Å²) in [6, 6.07) is 0.765. The Morgan fingerprint density at radius 2 is 2.17 bits per heavy atom. The standard InChI is InChI=1S/C15H26BNS/c1-10(2)15-6-4-5-13-11(7-12(9-15)16-15)8-14(18)17(13)3/h10-13,16H,4-9H2,1-3H3. The van der Waals surface area contributed by atoms with Gasteiger partial charge in [0.1, 0.15) is 7.28 Å². The normalized spacial score (nSPS) is 43.7. The van der Waals surface area contributed by atoms with Gasteiger partial charge in [0, 0.05) is 19.5 Å². The Kier molecular flexibility index (Phi) is 3.24. The average molecular weight is 263 g/mol. The van der Waals surface area contributed by atoms with Crippen LogP contribution in [0.15, 0.2) is 0 Å². The van der Waals surface area contributed by atoms with E-state index in [9.17, 15) is 0 Å². The number of nitrogens with zero attached hydrogens (tertiary/aromatic N) is 1. The SMILES string of the molecule is CC(C)C12BC(CC3CC(=S)N(C)C3CCC1)C2. The Labute approximate surface area is 118 Å². The molecule has 4 aliphatic rings. The smallest absolute Gasteiger partial charge is 0.131 e. The summed E-state index contributed by atoms with van der Waals surface area (Å²) < 4.78 is 0. The molecular formula is C15H26BNS. The van der Waals surface area contributed by atoms with Crippen LogP contribution in [0.3, 0.4) is 0 Å². The molecule has 18 heavy (non-hydrogen) atoms. The van der Waals surface area contributed by atoms with Crippen molar-refractivity contribution in [2.75, 3.05) is 7.05 Å². The molecule has 4 atom stereocenters. The van der Waals surface area contributed by atoms with Gasteiger partial charge in [0.05, 0.1) is 4.99 Å². The first kappa shape index (κ1) is 13.0. The van der Waals surface area contributed by atoms with Crippen molar-refractivity contribution < 1.29 is 0 Å². The summed E-state index contributed by atoms with van der Waals surface area (Å²) in [4.78, 5) is 3.64. The third-order valence-corrected chi connectivity index (χ3v) is 6.75. The maximum atomic E-state index is 5.52. The van der Waals surface area contributed by atoms with Gasteiger partial charge >= 0.3 is 0 Å². The molecular weight excluding hydrogens is 237 g/mol. The molecule has 1 aliphatic carbocycles. The van der Waals surface area contributed by atoms with Crippen LogP contribution in [0.1, 0.15) is 52.4 Å². The summed E-state index contributed by atoms with van der Waals surface area (Å²) in [5, 5.41) is 0.711. The van der Waals surface area contributed by atoms with Crippen molar-refractivity contribution >= 4 is 24.5 Å². The lowest BCUT2D eigenvalue weighted by molar-refractivity contribution is 0.279. The van der Waals surface area contributed by atoms with Crippen LogP contribution in [-0.4, -0.2) is 30.3 Å². The second-order valence-electron chi connectivity index (χ2n) is 7.46. The van der Waals surface area contributed by atoms with E-state index in [2.05, 4.69) is 25.8 Å². The van der Waals surface area contributed by atoms with Crippen molar-refractivity contribution in [2.45, 2.75) is 69.5 Å². The highest BCUT2D eigenvalue weighted by atomic mass is 32.1. The first-order valence-corrected chi connectivity index (χ1v) is 8.18. The minimum absolute atomic E-state index is 0.711. The summed E-state index contributed by atoms with van der Waals surface area (Å²) in [5.41, 5.74) is 0. The zero-order valence-corrected chi connectivity index (χ0v) is 12.9. The zero-order chi connectivity index (χ0) is 12.9. The maximum absolute atomic E-state index is 5.52.